The Morgan fingerprint density at radius 1 is 1.27 bits per heavy atom. The standard InChI is InChI=1S/C17H22N2O2S/c1-11-2-5-13(6-3-11)18-17(21)12-4-7-15-14(10-12)19-16(20)8-9-22-15/h4,7,10-11,13H,2-3,5-6,8-9H2,1H3,(H,18,21)(H,19,20). The molecular formula is C17H22N2O2S. The molecule has 4 nitrogen and oxygen atoms in total. The Balaban J connectivity index is 1.69. The molecule has 1 saturated carbocycles. The van der Waals surface area contributed by atoms with E-state index in [1.165, 1.54) is 12.8 Å². The summed E-state index contributed by atoms with van der Waals surface area (Å²) in [6.45, 7) is 2.27. The summed E-state index contributed by atoms with van der Waals surface area (Å²) >= 11 is 1.65. The van der Waals surface area contributed by atoms with Gasteiger partial charge >= 0.3 is 0 Å². The number of thioether (sulfide) groups is 1. The summed E-state index contributed by atoms with van der Waals surface area (Å²) in [6, 6.07) is 5.87. The lowest BCUT2D eigenvalue weighted by atomic mass is 9.87. The number of benzene rings is 1. The van der Waals surface area contributed by atoms with E-state index in [1.807, 2.05) is 12.1 Å². The van der Waals surface area contributed by atoms with E-state index < -0.39 is 0 Å². The maximum absolute atomic E-state index is 12.4. The lowest BCUT2D eigenvalue weighted by Crippen LogP contribution is -2.37. The molecule has 1 heterocycles. The molecule has 2 amide bonds. The summed E-state index contributed by atoms with van der Waals surface area (Å²) in [4.78, 5) is 25.1. The average Bonchev–Trinajstić information content (AvgIpc) is 2.69. The topological polar surface area (TPSA) is 58.2 Å². The van der Waals surface area contributed by atoms with Crippen molar-refractivity contribution in [3.05, 3.63) is 23.8 Å². The zero-order valence-corrected chi connectivity index (χ0v) is 13.7. The van der Waals surface area contributed by atoms with E-state index in [9.17, 15) is 9.59 Å². The molecule has 118 valence electrons. The number of hydrogen-bond donors (Lipinski definition) is 2. The van der Waals surface area contributed by atoms with Gasteiger partial charge in [0.1, 0.15) is 0 Å². The summed E-state index contributed by atoms with van der Waals surface area (Å²) in [6.07, 6.45) is 5.00. The van der Waals surface area contributed by atoms with E-state index in [-0.39, 0.29) is 17.9 Å². The van der Waals surface area contributed by atoms with Crippen LogP contribution in [0, 0.1) is 5.92 Å². The molecule has 5 heteroatoms. The van der Waals surface area contributed by atoms with Crippen LogP contribution in [0.25, 0.3) is 0 Å². The van der Waals surface area contributed by atoms with Gasteiger partial charge in [-0.25, -0.2) is 0 Å². The second-order valence-corrected chi connectivity index (χ2v) is 7.42. The van der Waals surface area contributed by atoms with Gasteiger partial charge in [-0.1, -0.05) is 6.92 Å². The van der Waals surface area contributed by atoms with E-state index in [2.05, 4.69) is 17.6 Å². The Bertz CT molecular complexity index is 580. The minimum Gasteiger partial charge on any atom is -0.349 e. The summed E-state index contributed by atoms with van der Waals surface area (Å²) in [7, 11) is 0. The molecule has 1 aliphatic carbocycles. The molecule has 0 aromatic heterocycles. The van der Waals surface area contributed by atoms with E-state index in [0.29, 0.717) is 12.0 Å². The number of anilines is 1. The molecule has 1 aromatic carbocycles. The van der Waals surface area contributed by atoms with E-state index >= 15 is 0 Å². The van der Waals surface area contributed by atoms with Gasteiger partial charge in [-0.15, -0.1) is 11.8 Å². The van der Waals surface area contributed by atoms with Crippen LogP contribution in [0.3, 0.4) is 0 Å². The van der Waals surface area contributed by atoms with Gasteiger partial charge in [0.2, 0.25) is 5.91 Å². The molecule has 0 atom stereocenters. The highest BCUT2D eigenvalue weighted by atomic mass is 32.2. The van der Waals surface area contributed by atoms with Crippen molar-refractivity contribution >= 4 is 29.3 Å². The highest BCUT2D eigenvalue weighted by Gasteiger charge is 2.21. The number of nitrogens with one attached hydrogen (secondary N) is 2. The maximum atomic E-state index is 12.4. The van der Waals surface area contributed by atoms with Gasteiger partial charge < -0.3 is 10.6 Å². The lowest BCUT2D eigenvalue weighted by Gasteiger charge is -2.27. The minimum atomic E-state index is -0.0363. The van der Waals surface area contributed by atoms with Gasteiger partial charge in [-0.05, 0) is 49.8 Å². The van der Waals surface area contributed by atoms with Crippen LogP contribution in [0.15, 0.2) is 23.1 Å². The molecule has 0 spiro atoms. The van der Waals surface area contributed by atoms with Crippen LogP contribution in [0.1, 0.15) is 49.4 Å². The smallest absolute Gasteiger partial charge is 0.251 e. The highest BCUT2D eigenvalue weighted by Crippen LogP contribution is 2.31. The quantitative estimate of drug-likeness (QED) is 0.878. The van der Waals surface area contributed by atoms with Crippen LogP contribution < -0.4 is 10.6 Å². The van der Waals surface area contributed by atoms with Gasteiger partial charge in [0, 0.05) is 28.7 Å². The third kappa shape index (κ3) is 3.64. The fourth-order valence-corrected chi connectivity index (χ4v) is 3.97. The van der Waals surface area contributed by atoms with Crippen LogP contribution in [0.2, 0.25) is 0 Å². The van der Waals surface area contributed by atoms with Crippen molar-refractivity contribution < 1.29 is 9.59 Å². The van der Waals surface area contributed by atoms with Gasteiger partial charge in [0.25, 0.3) is 5.91 Å². The number of rotatable bonds is 2. The van der Waals surface area contributed by atoms with Crippen molar-refractivity contribution in [3.63, 3.8) is 0 Å². The van der Waals surface area contributed by atoms with Gasteiger partial charge in [-0.2, -0.15) is 0 Å². The number of carbonyl (C=O) groups is 2. The second-order valence-electron chi connectivity index (χ2n) is 6.29. The predicted octanol–water partition coefficient (Wildman–Crippen LogP) is 3.43. The van der Waals surface area contributed by atoms with E-state index in [0.717, 1.165) is 35.1 Å². The van der Waals surface area contributed by atoms with Crippen molar-refractivity contribution in [1.29, 1.82) is 0 Å². The molecule has 0 radical (unpaired) electrons. The molecule has 3 rings (SSSR count). The summed E-state index contributed by atoms with van der Waals surface area (Å²) in [5, 5.41) is 6.02. The summed E-state index contributed by atoms with van der Waals surface area (Å²) in [5.41, 5.74) is 1.39. The molecule has 1 aromatic rings. The Morgan fingerprint density at radius 3 is 2.82 bits per heavy atom. The molecule has 2 aliphatic rings. The van der Waals surface area contributed by atoms with E-state index in [4.69, 9.17) is 0 Å². The van der Waals surface area contributed by atoms with Crippen LogP contribution in [-0.4, -0.2) is 23.6 Å². The molecule has 2 N–H and O–H groups in total. The SMILES string of the molecule is CC1CCC(NC(=O)c2ccc3c(c2)NC(=O)CCS3)CC1. The van der Waals surface area contributed by atoms with Crippen molar-refractivity contribution in [2.45, 2.75) is 50.0 Å². The van der Waals surface area contributed by atoms with Crippen molar-refractivity contribution in [3.8, 4) is 0 Å². The fraction of sp³-hybridized carbons (Fsp3) is 0.529. The maximum Gasteiger partial charge on any atom is 0.251 e. The van der Waals surface area contributed by atoms with Gasteiger partial charge in [0.05, 0.1) is 5.69 Å². The predicted molar refractivity (Wildman–Crippen MR) is 89.3 cm³/mol. The number of fused-ring (bicyclic) bond motifs is 1. The average molecular weight is 318 g/mol. The van der Waals surface area contributed by atoms with Gasteiger partial charge in [0.15, 0.2) is 0 Å². The fourth-order valence-electron chi connectivity index (χ4n) is 3.03. The Labute approximate surface area is 135 Å². The van der Waals surface area contributed by atoms with Crippen LogP contribution in [0.4, 0.5) is 5.69 Å². The molecule has 1 fully saturated rings. The normalized spacial score (nSPS) is 24.9. The molecule has 22 heavy (non-hydrogen) atoms. The monoisotopic (exact) mass is 318 g/mol. The van der Waals surface area contributed by atoms with Crippen LogP contribution in [-0.2, 0) is 4.79 Å². The molecular weight excluding hydrogens is 296 g/mol. The Hall–Kier alpha value is -1.49. The van der Waals surface area contributed by atoms with Crippen molar-refractivity contribution in [1.82, 2.24) is 5.32 Å². The first kappa shape index (κ1) is 15.4. The third-order valence-electron chi connectivity index (χ3n) is 4.45. The molecule has 0 saturated heterocycles. The summed E-state index contributed by atoms with van der Waals surface area (Å²) in [5.74, 6) is 1.54. The first-order chi connectivity index (χ1) is 10.6. The molecule has 0 bridgehead atoms. The largest absolute Gasteiger partial charge is 0.349 e. The second kappa shape index (κ2) is 6.73. The minimum absolute atomic E-state index is 0.0186. The lowest BCUT2D eigenvalue weighted by molar-refractivity contribution is -0.115. The van der Waals surface area contributed by atoms with Crippen LogP contribution >= 0.6 is 11.8 Å². The number of carbonyl (C=O) groups excluding carboxylic acids is 2. The number of amides is 2. The highest BCUT2D eigenvalue weighted by molar-refractivity contribution is 7.99. The first-order valence-electron chi connectivity index (χ1n) is 7.99. The van der Waals surface area contributed by atoms with Gasteiger partial charge in [-0.3, -0.25) is 9.59 Å². The third-order valence-corrected chi connectivity index (χ3v) is 5.53. The van der Waals surface area contributed by atoms with Crippen molar-refractivity contribution in [2.75, 3.05) is 11.1 Å². The van der Waals surface area contributed by atoms with Crippen LogP contribution in [0.5, 0.6) is 0 Å². The summed E-state index contributed by atoms with van der Waals surface area (Å²) < 4.78 is 0. The number of hydrogen-bond acceptors (Lipinski definition) is 3. The zero-order chi connectivity index (χ0) is 15.5. The first-order valence-corrected chi connectivity index (χ1v) is 8.98. The zero-order valence-electron chi connectivity index (χ0n) is 12.9. The van der Waals surface area contributed by atoms with Crippen molar-refractivity contribution in [2.24, 2.45) is 5.92 Å². The molecule has 1 aliphatic heterocycles. The van der Waals surface area contributed by atoms with E-state index in [1.54, 1.807) is 17.8 Å². The Morgan fingerprint density at radius 2 is 2.05 bits per heavy atom. The molecule has 0 unspecified atom stereocenters. The Kier molecular flexibility index (Phi) is 4.71.